The molecule has 0 aliphatic carbocycles. The average Bonchev–Trinajstić information content (AvgIpc) is 3.17. The molecular weight excluding hydrogens is 443 g/mol. The molecule has 2 aromatic rings. The molecule has 3 rings (SSSR count). The van der Waals surface area contributed by atoms with Crippen LogP contribution in [-0.4, -0.2) is 45.6 Å². The van der Waals surface area contributed by atoms with Crippen molar-refractivity contribution in [2.75, 3.05) is 13.1 Å². The van der Waals surface area contributed by atoms with Gasteiger partial charge in [0.15, 0.2) is 0 Å². The second-order valence-corrected chi connectivity index (χ2v) is 9.85. The number of carboxylic acid groups (broad SMARTS) is 1. The van der Waals surface area contributed by atoms with Crippen LogP contribution < -0.4 is 4.74 Å². The molecule has 1 saturated heterocycles. The number of thiazole rings is 1. The molecule has 2 aromatic heterocycles. The Balaban J connectivity index is 1.84. The van der Waals surface area contributed by atoms with Crippen LogP contribution in [0.15, 0.2) is 18.5 Å². The summed E-state index contributed by atoms with van der Waals surface area (Å²) in [6.45, 7) is 4.81. The van der Waals surface area contributed by atoms with Crippen molar-refractivity contribution in [1.29, 1.82) is 0 Å². The first-order valence-electron chi connectivity index (χ1n) is 10.6. The molecule has 0 saturated carbocycles. The first kappa shape index (κ1) is 24.4. The third kappa shape index (κ3) is 5.58. The van der Waals surface area contributed by atoms with Crippen molar-refractivity contribution >= 4 is 17.3 Å². The fourth-order valence-electron chi connectivity index (χ4n) is 4.43. The molecule has 1 aliphatic heterocycles. The third-order valence-electron chi connectivity index (χ3n) is 5.98. The number of aromatic nitrogens is 2. The van der Waals surface area contributed by atoms with Gasteiger partial charge in [0.2, 0.25) is 5.88 Å². The molecule has 10 heteroatoms. The number of nitrogens with zero attached hydrogens (tertiary/aromatic N) is 3. The Hall–Kier alpha value is -2.20. The van der Waals surface area contributed by atoms with Crippen LogP contribution in [0.1, 0.15) is 44.9 Å². The predicted octanol–water partition coefficient (Wildman–Crippen LogP) is 5.29. The zero-order valence-electron chi connectivity index (χ0n) is 18.4. The van der Waals surface area contributed by atoms with Crippen molar-refractivity contribution in [2.45, 2.75) is 53.2 Å². The van der Waals surface area contributed by atoms with Crippen LogP contribution in [0.4, 0.5) is 13.2 Å². The Morgan fingerprint density at radius 3 is 2.75 bits per heavy atom. The van der Waals surface area contributed by atoms with E-state index in [4.69, 9.17) is 0 Å². The van der Waals surface area contributed by atoms with Gasteiger partial charge < -0.3 is 9.84 Å². The molecule has 6 nitrogen and oxygen atoms in total. The topological polar surface area (TPSA) is 75.5 Å². The summed E-state index contributed by atoms with van der Waals surface area (Å²) in [5.41, 5.74) is -0.730. The molecule has 32 heavy (non-hydrogen) atoms. The monoisotopic (exact) mass is 471 g/mol. The highest BCUT2D eigenvalue weighted by molar-refractivity contribution is 7.15. The predicted molar refractivity (Wildman–Crippen MR) is 115 cm³/mol. The van der Waals surface area contributed by atoms with Gasteiger partial charge in [-0.2, -0.15) is 8.78 Å². The van der Waals surface area contributed by atoms with Gasteiger partial charge in [-0.1, -0.05) is 27.2 Å². The van der Waals surface area contributed by atoms with Gasteiger partial charge in [-0.3, -0.25) is 9.69 Å². The third-order valence-corrected chi connectivity index (χ3v) is 6.99. The highest BCUT2D eigenvalue weighted by Gasteiger charge is 2.45. The summed E-state index contributed by atoms with van der Waals surface area (Å²) in [5.74, 6) is -1.23. The quantitative estimate of drug-likeness (QED) is 0.535. The van der Waals surface area contributed by atoms with Gasteiger partial charge in [0.1, 0.15) is 10.8 Å². The number of hydrogen-bond donors (Lipinski definition) is 1. The lowest BCUT2D eigenvalue weighted by Gasteiger charge is -2.45. The summed E-state index contributed by atoms with van der Waals surface area (Å²) in [6.07, 6.45) is 4.48. The second-order valence-electron chi connectivity index (χ2n) is 8.73. The summed E-state index contributed by atoms with van der Waals surface area (Å²) in [7, 11) is 0. The Labute approximate surface area is 189 Å². The van der Waals surface area contributed by atoms with Crippen LogP contribution in [-0.2, 0) is 11.3 Å². The molecule has 3 heterocycles. The summed E-state index contributed by atoms with van der Waals surface area (Å²) in [5, 5.41) is 10.3. The smallest absolute Gasteiger partial charge is 0.388 e. The van der Waals surface area contributed by atoms with Gasteiger partial charge in [0, 0.05) is 30.7 Å². The molecule has 0 amide bonds. The minimum atomic E-state index is -3.09. The highest BCUT2D eigenvalue weighted by Crippen LogP contribution is 2.41. The molecule has 1 N–H and O–H groups in total. The Bertz CT molecular complexity index is 940. The van der Waals surface area contributed by atoms with Crippen molar-refractivity contribution in [1.82, 2.24) is 14.9 Å². The number of likely N-dealkylation sites (tertiary alicyclic amines) is 1. The number of piperidine rings is 1. The average molecular weight is 472 g/mol. The minimum Gasteiger partial charge on any atom is -0.481 e. The summed E-state index contributed by atoms with van der Waals surface area (Å²) in [4.78, 5) is 23.1. The van der Waals surface area contributed by atoms with Crippen LogP contribution in [0.25, 0.3) is 10.6 Å². The van der Waals surface area contributed by atoms with E-state index in [1.165, 1.54) is 11.3 Å². The van der Waals surface area contributed by atoms with Gasteiger partial charge in [-0.25, -0.2) is 14.4 Å². The zero-order valence-corrected chi connectivity index (χ0v) is 19.2. The van der Waals surface area contributed by atoms with Crippen molar-refractivity contribution in [3.05, 3.63) is 29.2 Å². The molecule has 2 unspecified atom stereocenters. The van der Waals surface area contributed by atoms with E-state index in [0.29, 0.717) is 36.9 Å². The summed E-state index contributed by atoms with van der Waals surface area (Å²) >= 11 is 1.23. The molecule has 0 spiro atoms. The van der Waals surface area contributed by atoms with Gasteiger partial charge in [-0.15, -0.1) is 11.3 Å². The molecule has 1 aliphatic rings. The molecule has 0 aromatic carbocycles. The maximum absolute atomic E-state index is 13.7. The number of alkyl halides is 2. The van der Waals surface area contributed by atoms with Crippen molar-refractivity contribution < 1.29 is 27.8 Å². The van der Waals surface area contributed by atoms with Crippen LogP contribution in [0.5, 0.6) is 5.88 Å². The summed E-state index contributed by atoms with van der Waals surface area (Å²) in [6, 6.07) is 1.07. The molecule has 0 radical (unpaired) electrons. The first-order chi connectivity index (χ1) is 15.1. The number of aliphatic carboxylic acids is 1. The molecule has 176 valence electrons. The van der Waals surface area contributed by atoms with Crippen LogP contribution in [0.2, 0.25) is 0 Å². The maximum atomic E-state index is 13.7. The van der Waals surface area contributed by atoms with Crippen molar-refractivity contribution in [2.24, 2.45) is 17.3 Å². The largest absolute Gasteiger partial charge is 0.481 e. The van der Waals surface area contributed by atoms with Crippen LogP contribution >= 0.6 is 11.3 Å². The fourth-order valence-corrected chi connectivity index (χ4v) is 5.39. The van der Waals surface area contributed by atoms with E-state index < -0.39 is 23.8 Å². The van der Waals surface area contributed by atoms with E-state index >= 15 is 0 Å². The molecule has 0 bridgehead atoms. The molecule has 1 fully saturated rings. The van der Waals surface area contributed by atoms with Gasteiger partial charge in [0.25, 0.3) is 0 Å². The lowest BCUT2D eigenvalue weighted by molar-refractivity contribution is -0.155. The van der Waals surface area contributed by atoms with E-state index in [0.717, 1.165) is 30.1 Å². The van der Waals surface area contributed by atoms with Gasteiger partial charge >= 0.3 is 12.6 Å². The highest BCUT2D eigenvalue weighted by atomic mass is 32.1. The number of carboxylic acids is 1. The normalized spacial score (nSPS) is 21.9. The van der Waals surface area contributed by atoms with E-state index in [-0.39, 0.29) is 17.4 Å². The second kappa shape index (κ2) is 10.2. The van der Waals surface area contributed by atoms with Crippen LogP contribution in [0.3, 0.4) is 0 Å². The number of carbonyl (C=O) groups is 1. The Morgan fingerprint density at radius 2 is 2.12 bits per heavy atom. The first-order valence-corrected chi connectivity index (χ1v) is 11.5. The number of hydrogen-bond acceptors (Lipinski definition) is 6. The number of pyridine rings is 1. The number of halogens is 3. The van der Waals surface area contributed by atoms with E-state index in [2.05, 4.69) is 33.5 Å². The van der Waals surface area contributed by atoms with Crippen molar-refractivity contribution in [3.63, 3.8) is 0 Å². The lowest BCUT2D eigenvalue weighted by atomic mass is 9.70. The number of rotatable bonds is 9. The lowest BCUT2D eigenvalue weighted by Crippen LogP contribution is -2.51. The SMILES string of the molecule is CCCC1(C(=O)O)CC(C(C)C)CN(Cc2cnc(-c3cc(F)cnc3OC(F)F)s2)C1. The van der Waals surface area contributed by atoms with Crippen molar-refractivity contribution in [3.8, 4) is 16.5 Å². The Kier molecular flexibility index (Phi) is 7.76. The van der Waals surface area contributed by atoms with E-state index in [9.17, 15) is 23.1 Å². The van der Waals surface area contributed by atoms with E-state index in [1.807, 2.05) is 6.92 Å². The summed E-state index contributed by atoms with van der Waals surface area (Å²) < 4.78 is 43.5. The fraction of sp³-hybridized carbons (Fsp3) is 0.591. The van der Waals surface area contributed by atoms with Gasteiger partial charge in [-0.05, 0) is 30.7 Å². The maximum Gasteiger partial charge on any atom is 0.388 e. The standard InChI is InChI=1S/C22H28F3N3O3S/c1-4-5-22(20(29)30)7-14(13(2)3)10-28(12-22)11-16-9-27-19(32-16)17-6-15(23)8-26-18(17)31-21(24)25/h6,8-9,13-14,21H,4-5,7,10-12H2,1-3H3,(H,29,30). The molecular formula is C22H28F3N3O3S. The zero-order chi connectivity index (χ0) is 23.5. The minimum absolute atomic E-state index is 0.0612. The van der Waals surface area contributed by atoms with E-state index in [1.54, 1.807) is 6.20 Å². The molecule has 2 atom stereocenters. The number of ether oxygens (including phenoxy) is 1. The Morgan fingerprint density at radius 1 is 1.38 bits per heavy atom. The van der Waals surface area contributed by atoms with Crippen LogP contribution in [0, 0.1) is 23.1 Å². The van der Waals surface area contributed by atoms with Gasteiger partial charge in [0.05, 0.1) is 17.2 Å².